The fourth-order valence-electron chi connectivity index (χ4n) is 1.26. The van der Waals surface area contributed by atoms with Crippen LogP contribution < -0.4 is 9.64 Å². The van der Waals surface area contributed by atoms with Gasteiger partial charge in [0.15, 0.2) is 0 Å². The summed E-state index contributed by atoms with van der Waals surface area (Å²) in [6.07, 6.45) is 0. The highest BCUT2D eigenvalue weighted by Gasteiger charge is 2.23. The zero-order chi connectivity index (χ0) is 12.3. The van der Waals surface area contributed by atoms with Gasteiger partial charge in [0.05, 0.1) is 18.2 Å². The predicted molar refractivity (Wildman–Crippen MR) is 66.1 cm³/mol. The van der Waals surface area contributed by atoms with Crippen LogP contribution in [-0.2, 0) is 0 Å². The highest BCUT2D eigenvalue weighted by atomic mass is 35.5. The van der Waals surface area contributed by atoms with Gasteiger partial charge in [-0.3, -0.25) is 0 Å². The molecule has 0 radical (unpaired) electrons. The molecule has 0 bridgehead atoms. The van der Waals surface area contributed by atoms with Crippen molar-refractivity contribution >= 4 is 17.3 Å². The molecule has 16 heavy (non-hydrogen) atoms. The van der Waals surface area contributed by atoms with Crippen LogP contribution in [0.3, 0.4) is 0 Å². The summed E-state index contributed by atoms with van der Waals surface area (Å²) in [5.41, 5.74) is 0.315. The lowest BCUT2D eigenvalue weighted by atomic mass is 10.1. The second-order valence-electron chi connectivity index (χ2n) is 4.05. The number of halogens is 1. The predicted octanol–water partition coefficient (Wildman–Crippen LogP) is 3.09. The van der Waals surface area contributed by atoms with Gasteiger partial charge in [0, 0.05) is 12.7 Å². The second kappa shape index (κ2) is 4.63. The van der Waals surface area contributed by atoms with Crippen LogP contribution in [0, 0.1) is 11.3 Å². The molecule has 1 rings (SSSR count). The molecule has 0 saturated carbocycles. The van der Waals surface area contributed by atoms with E-state index >= 15 is 0 Å². The average molecular weight is 239 g/mol. The van der Waals surface area contributed by atoms with Crippen molar-refractivity contribution in [1.82, 2.24) is 0 Å². The first-order valence-electron chi connectivity index (χ1n) is 4.91. The molecule has 0 N–H and O–H groups in total. The fourth-order valence-corrected chi connectivity index (χ4v) is 1.51. The number of anilines is 1. The molecule has 3 nitrogen and oxygen atoms in total. The van der Waals surface area contributed by atoms with Crippen LogP contribution in [0.25, 0.3) is 0 Å². The van der Waals surface area contributed by atoms with E-state index in [4.69, 9.17) is 21.6 Å². The highest BCUT2D eigenvalue weighted by Crippen LogP contribution is 2.31. The van der Waals surface area contributed by atoms with Crippen molar-refractivity contribution in [1.29, 1.82) is 5.26 Å². The van der Waals surface area contributed by atoms with Crippen molar-refractivity contribution in [3.05, 3.63) is 23.2 Å². The maximum atomic E-state index is 9.05. The van der Waals surface area contributed by atoms with Crippen molar-refractivity contribution in [2.75, 3.05) is 19.1 Å². The van der Waals surface area contributed by atoms with Gasteiger partial charge in [-0.15, -0.1) is 0 Å². The van der Waals surface area contributed by atoms with E-state index in [9.17, 15) is 0 Å². The first kappa shape index (κ1) is 12.7. The third-order valence-corrected chi connectivity index (χ3v) is 2.93. The van der Waals surface area contributed by atoms with E-state index in [0.717, 1.165) is 5.69 Å². The van der Waals surface area contributed by atoms with Gasteiger partial charge in [-0.1, -0.05) is 11.6 Å². The Kier molecular flexibility index (Phi) is 3.66. The van der Waals surface area contributed by atoms with Crippen molar-refractivity contribution < 1.29 is 4.74 Å². The van der Waals surface area contributed by atoms with Gasteiger partial charge in [0.25, 0.3) is 0 Å². The lowest BCUT2D eigenvalue weighted by Gasteiger charge is -2.31. The number of hydrogen-bond donors (Lipinski definition) is 0. The summed E-state index contributed by atoms with van der Waals surface area (Å²) in [7, 11) is 3.44. The van der Waals surface area contributed by atoms with Gasteiger partial charge in [0.2, 0.25) is 0 Å². The molecule has 0 fully saturated rings. The number of methoxy groups -OCH3 is 1. The highest BCUT2D eigenvalue weighted by molar-refractivity contribution is 6.32. The van der Waals surface area contributed by atoms with Crippen molar-refractivity contribution in [2.24, 2.45) is 0 Å². The lowest BCUT2D eigenvalue weighted by molar-refractivity contribution is 0.415. The summed E-state index contributed by atoms with van der Waals surface area (Å²) in [5, 5.41) is 9.59. The fraction of sp³-hybridized carbons (Fsp3) is 0.417. The number of hydrogen-bond acceptors (Lipinski definition) is 3. The molecular weight excluding hydrogens is 224 g/mol. The van der Waals surface area contributed by atoms with Crippen LogP contribution in [0.15, 0.2) is 18.2 Å². The topological polar surface area (TPSA) is 36.3 Å². The number of nitrogens with zero attached hydrogens (tertiary/aromatic N) is 2. The first-order chi connectivity index (χ1) is 7.42. The Hall–Kier alpha value is -1.40. The van der Waals surface area contributed by atoms with Crippen LogP contribution >= 0.6 is 11.6 Å². The normalized spacial score (nSPS) is 10.8. The van der Waals surface area contributed by atoms with Gasteiger partial charge >= 0.3 is 0 Å². The van der Waals surface area contributed by atoms with Gasteiger partial charge in [-0.2, -0.15) is 5.26 Å². The summed E-state index contributed by atoms with van der Waals surface area (Å²) in [5.74, 6) is 0.633. The van der Waals surface area contributed by atoms with E-state index in [2.05, 4.69) is 6.07 Å². The minimum Gasteiger partial charge on any atom is -0.495 e. The standard InChI is InChI=1S/C12H15ClN2O/c1-12(2,8-14)15(3)9-5-6-11(16-4)10(13)7-9/h5-7H,1-4H3. The Morgan fingerprint density at radius 3 is 2.50 bits per heavy atom. The molecular formula is C12H15ClN2O. The summed E-state index contributed by atoms with van der Waals surface area (Å²) < 4.78 is 5.08. The Balaban J connectivity index is 3.08. The Morgan fingerprint density at radius 2 is 2.06 bits per heavy atom. The number of ether oxygens (including phenoxy) is 1. The summed E-state index contributed by atoms with van der Waals surface area (Å²) >= 11 is 6.03. The molecule has 1 aromatic carbocycles. The largest absolute Gasteiger partial charge is 0.495 e. The molecule has 86 valence electrons. The Labute approximate surface area is 101 Å². The molecule has 0 aliphatic rings. The number of benzene rings is 1. The third kappa shape index (κ3) is 2.40. The molecule has 0 amide bonds. The Morgan fingerprint density at radius 1 is 1.44 bits per heavy atom. The minimum atomic E-state index is -0.572. The zero-order valence-corrected chi connectivity index (χ0v) is 10.7. The molecule has 0 atom stereocenters. The molecule has 0 spiro atoms. The van der Waals surface area contributed by atoms with Crippen molar-refractivity contribution in [3.8, 4) is 11.8 Å². The van der Waals surface area contributed by atoms with Gasteiger partial charge in [-0.05, 0) is 32.0 Å². The average Bonchev–Trinajstić information content (AvgIpc) is 2.27. The number of rotatable bonds is 3. The van der Waals surface area contributed by atoms with Crippen molar-refractivity contribution in [3.63, 3.8) is 0 Å². The first-order valence-corrected chi connectivity index (χ1v) is 5.29. The molecule has 4 heteroatoms. The minimum absolute atomic E-state index is 0.542. The van der Waals surface area contributed by atoms with Crippen LogP contribution in [0.1, 0.15) is 13.8 Å². The van der Waals surface area contributed by atoms with E-state index in [1.165, 1.54) is 0 Å². The molecule has 0 aliphatic heterocycles. The lowest BCUT2D eigenvalue weighted by Crippen LogP contribution is -2.39. The molecule has 0 aliphatic carbocycles. The Bertz CT molecular complexity index is 424. The van der Waals surface area contributed by atoms with Gasteiger partial charge in [0.1, 0.15) is 11.3 Å². The third-order valence-electron chi connectivity index (χ3n) is 2.63. The van der Waals surface area contributed by atoms with E-state index in [0.29, 0.717) is 10.8 Å². The molecule has 1 aromatic rings. The van der Waals surface area contributed by atoms with Crippen molar-refractivity contribution in [2.45, 2.75) is 19.4 Å². The maximum absolute atomic E-state index is 9.05. The SMILES string of the molecule is COc1ccc(N(C)C(C)(C)C#N)cc1Cl. The maximum Gasteiger partial charge on any atom is 0.137 e. The van der Waals surface area contributed by atoms with Crippen LogP contribution in [0.5, 0.6) is 5.75 Å². The molecule has 0 unspecified atom stereocenters. The van der Waals surface area contributed by atoms with E-state index < -0.39 is 5.54 Å². The van der Waals surface area contributed by atoms with Gasteiger partial charge < -0.3 is 9.64 Å². The molecule has 0 heterocycles. The summed E-state index contributed by atoms with van der Waals surface area (Å²) in [6, 6.07) is 7.70. The molecule has 0 saturated heterocycles. The zero-order valence-electron chi connectivity index (χ0n) is 9.91. The van der Waals surface area contributed by atoms with Crippen LogP contribution in [0.4, 0.5) is 5.69 Å². The van der Waals surface area contributed by atoms with E-state index in [1.807, 2.05) is 31.9 Å². The van der Waals surface area contributed by atoms with Crippen LogP contribution in [0.2, 0.25) is 5.02 Å². The monoisotopic (exact) mass is 238 g/mol. The van der Waals surface area contributed by atoms with Gasteiger partial charge in [-0.25, -0.2) is 0 Å². The van der Waals surface area contributed by atoms with E-state index in [1.54, 1.807) is 19.2 Å². The second-order valence-corrected chi connectivity index (χ2v) is 4.46. The molecule has 0 aromatic heterocycles. The summed E-state index contributed by atoms with van der Waals surface area (Å²) in [4.78, 5) is 1.87. The number of nitriles is 1. The van der Waals surface area contributed by atoms with Crippen LogP contribution in [-0.4, -0.2) is 19.7 Å². The van der Waals surface area contributed by atoms with E-state index in [-0.39, 0.29) is 0 Å². The smallest absolute Gasteiger partial charge is 0.137 e. The quantitative estimate of drug-likeness (QED) is 0.812. The summed E-state index contributed by atoms with van der Waals surface area (Å²) in [6.45, 7) is 3.70.